The predicted octanol–water partition coefficient (Wildman–Crippen LogP) is 4.06. The molecule has 2 amide bonds. The van der Waals surface area contributed by atoms with Gasteiger partial charge in [-0.1, -0.05) is 24.3 Å². The summed E-state index contributed by atoms with van der Waals surface area (Å²) in [5, 5.41) is 14.4. The van der Waals surface area contributed by atoms with E-state index in [0.717, 1.165) is 5.56 Å². The summed E-state index contributed by atoms with van der Waals surface area (Å²) in [4.78, 5) is 24.7. The van der Waals surface area contributed by atoms with Crippen molar-refractivity contribution in [1.82, 2.24) is 0 Å². The highest BCUT2D eigenvalue weighted by Gasteiger charge is 2.18. The monoisotopic (exact) mass is 399 g/mol. The van der Waals surface area contributed by atoms with Crippen molar-refractivity contribution in [1.29, 1.82) is 0 Å². The summed E-state index contributed by atoms with van der Waals surface area (Å²) in [5.41, 5.74) is 7.73. The largest absolute Gasteiger partial charge is 0.444 e. The van der Waals surface area contributed by atoms with Gasteiger partial charge in [0.05, 0.1) is 11.4 Å². The van der Waals surface area contributed by atoms with E-state index in [2.05, 4.69) is 10.6 Å². The van der Waals surface area contributed by atoms with Crippen molar-refractivity contribution in [2.75, 3.05) is 17.2 Å². The molecule has 2 aromatic rings. The van der Waals surface area contributed by atoms with Gasteiger partial charge in [-0.15, -0.1) is 0 Å². The molecular formula is C22H29N3O4. The lowest BCUT2D eigenvalue weighted by Crippen LogP contribution is -2.27. The van der Waals surface area contributed by atoms with E-state index in [9.17, 15) is 9.59 Å². The van der Waals surface area contributed by atoms with Gasteiger partial charge in [0.1, 0.15) is 5.60 Å². The molecule has 0 saturated carbocycles. The molecule has 0 saturated heterocycles. The Hall–Kier alpha value is -2.90. The highest BCUT2D eigenvalue weighted by Crippen LogP contribution is 2.23. The molecule has 156 valence electrons. The Balaban J connectivity index is 2.06. The molecule has 7 heteroatoms. The molecule has 0 bridgehead atoms. The van der Waals surface area contributed by atoms with Crippen LogP contribution in [-0.2, 0) is 4.74 Å². The second-order valence-electron chi connectivity index (χ2n) is 7.72. The number of anilines is 2. The maximum Gasteiger partial charge on any atom is 0.412 e. The molecule has 0 fully saturated rings. The molecule has 7 nitrogen and oxygen atoms in total. The third-order valence-electron chi connectivity index (χ3n) is 4.09. The first-order chi connectivity index (χ1) is 13.7. The van der Waals surface area contributed by atoms with Crippen LogP contribution in [0, 0.1) is 0 Å². The number of benzene rings is 2. The topological polar surface area (TPSA) is 114 Å². The van der Waals surface area contributed by atoms with E-state index >= 15 is 0 Å². The van der Waals surface area contributed by atoms with E-state index in [-0.39, 0.29) is 18.6 Å². The minimum atomic E-state index is -0.623. The molecule has 2 aromatic carbocycles. The van der Waals surface area contributed by atoms with Crippen molar-refractivity contribution in [3.05, 3.63) is 59.7 Å². The number of ether oxygens (including phenoxy) is 1. The summed E-state index contributed by atoms with van der Waals surface area (Å²) in [5.74, 6) is -0.307. The lowest BCUT2D eigenvalue weighted by molar-refractivity contribution is 0.0635. The summed E-state index contributed by atoms with van der Waals surface area (Å²) < 4.78 is 5.26. The smallest absolute Gasteiger partial charge is 0.412 e. The van der Waals surface area contributed by atoms with E-state index in [0.29, 0.717) is 29.8 Å². The molecule has 1 atom stereocenters. The molecule has 5 N–H and O–H groups in total. The fourth-order valence-electron chi connectivity index (χ4n) is 2.67. The third kappa shape index (κ3) is 7.21. The number of carbonyl (C=O) groups is 2. The number of hydrogen-bond donors (Lipinski definition) is 4. The number of aliphatic hydroxyl groups excluding tert-OH is 1. The van der Waals surface area contributed by atoms with E-state index in [1.165, 1.54) is 0 Å². The molecule has 0 radical (unpaired) electrons. The van der Waals surface area contributed by atoms with Crippen molar-refractivity contribution in [3.8, 4) is 0 Å². The van der Waals surface area contributed by atoms with Crippen LogP contribution in [-0.4, -0.2) is 29.3 Å². The second-order valence-corrected chi connectivity index (χ2v) is 7.72. The molecule has 29 heavy (non-hydrogen) atoms. The Morgan fingerprint density at radius 1 is 1.03 bits per heavy atom. The zero-order chi connectivity index (χ0) is 21.4. The normalized spacial score (nSPS) is 12.2. The van der Waals surface area contributed by atoms with Gasteiger partial charge in [0.2, 0.25) is 0 Å². The zero-order valence-corrected chi connectivity index (χ0v) is 17.1. The summed E-state index contributed by atoms with van der Waals surface area (Å²) in [7, 11) is 0. The van der Waals surface area contributed by atoms with E-state index in [1.54, 1.807) is 57.2 Å². The van der Waals surface area contributed by atoms with Crippen molar-refractivity contribution < 1.29 is 19.4 Å². The van der Waals surface area contributed by atoms with Crippen LogP contribution >= 0.6 is 0 Å². The second kappa shape index (κ2) is 10.0. The SMILES string of the molecule is CC(C)(C)OC(=O)Nc1ccccc1NC(=O)c1ccc(C(N)CCCO)cc1. The number of para-hydroxylation sites is 2. The molecule has 2 rings (SSSR count). The van der Waals surface area contributed by atoms with E-state index < -0.39 is 11.7 Å². The minimum absolute atomic E-state index is 0.102. The van der Waals surface area contributed by atoms with E-state index in [4.69, 9.17) is 15.6 Å². The fraction of sp³-hybridized carbons (Fsp3) is 0.364. The summed E-state index contributed by atoms with van der Waals surface area (Å²) in [6.45, 7) is 5.43. The van der Waals surface area contributed by atoms with Gasteiger partial charge < -0.3 is 20.9 Å². The molecule has 0 aliphatic carbocycles. The zero-order valence-electron chi connectivity index (χ0n) is 17.1. The van der Waals surface area contributed by atoms with Crippen molar-refractivity contribution >= 4 is 23.4 Å². The van der Waals surface area contributed by atoms with Crippen molar-refractivity contribution in [3.63, 3.8) is 0 Å². The van der Waals surface area contributed by atoms with Crippen LogP contribution in [0.15, 0.2) is 48.5 Å². The summed E-state index contributed by atoms with van der Waals surface area (Å²) in [6, 6.07) is 13.7. The minimum Gasteiger partial charge on any atom is -0.444 e. The van der Waals surface area contributed by atoms with Gasteiger partial charge in [-0.3, -0.25) is 10.1 Å². The van der Waals surface area contributed by atoms with Gasteiger partial charge in [-0.2, -0.15) is 0 Å². The Morgan fingerprint density at radius 3 is 2.17 bits per heavy atom. The highest BCUT2D eigenvalue weighted by molar-refractivity contribution is 6.06. The van der Waals surface area contributed by atoms with Crippen LogP contribution in [0.1, 0.15) is 55.6 Å². The Bertz CT molecular complexity index is 829. The van der Waals surface area contributed by atoms with Crippen LogP contribution in [0.5, 0.6) is 0 Å². The molecule has 0 aromatic heterocycles. The maximum atomic E-state index is 12.6. The third-order valence-corrected chi connectivity index (χ3v) is 4.09. The van der Waals surface area contributed by atoms with E-state index in [1.807, 2.05) is 12.1 Å². The Labute approximate surface area is 171 Å². The fourth-order valence-corrected chi connectivity index (χ4v) is 2.67. The Kier molecular flexibility index (Phi) is 7.75. The van der Waals surface area contributed by atoms with Crippen LogP contribution in [0.4, 0.5) is 16.2 Å². The van der Waals surface area contributed by atoms with Gasteiger partial charge >= 0.3 is 6.09 Å². The standard InChI is InChI=1S/C22H29N3O4/c1-22(2,3)29-21(28)25-19-9-5-4-8-18(19)24-20(27)16-12-10-15(11-13-16)17(23)7-6-14-26/h4-5,8-13,17,26H,6-7,14,23H2,1-3H3,(H,24,27)(H,25,28). The van der Waals surface area contributed by atoms with Crippen LogP contribution in [0.3, 0.4) is 0 Å². The number of nitrogens with one attached hydrogen (secondary N) is 2. The van der Waals surface area contributed by atoms with Crippen molar-refractivity contribution in [2.24, 2.45) is 5.73 Å². The molecule has 1 unspecified atom stereocenters. The number of rotatable bonds is 7. The summed E-state index contributed by atoms with van der Waals surface area (Å²) in [6.07, 6.45) is 0.705. The number of amides is 2. The van der Waals surface area contributed by atoms with Gasteiger partial charge in [0.15, 0.2) is 0 Å². The van der Waals surface area contributed by atoms with Gasteiger partial charge in [0, 0.05) is 18.2 Å². The average Bonchev–Trinajstić information content (AvgIpc) is 2.66. The number of hydrogen-bond acceptors (Lipinski definition) is 5. The average molecular weight is 399 g/mol. The molecule has 0 aliphatic heterocycles. The lowest BCUT2D eigenvalue weighted by Gasteiger charge is -2.20. The van der Waals surface area contributed by atoms with Crippen LogP contribution < -0.4 is 16.4 Å². The van der Waals surface area contributed by atoms with Gasteiger partial charge in [-0.05, 0) is 63.4 Å². The van der Waals surface area contributed by atoms with Gasteiger partial charge in [-0.25, -0.2) is 4.79 Å². The molecular weight excluding hydrogens is 370 g/mol. The maximum absolute atomic E-state index is 12.6. The molecule has 0 spiro atoms. The number of nitrogens with two attached hydrogens (primary N) is 1. The molecule has 0 heterocycles. The first-order valence-electron chi connectivity index (χ1n) is 9.56. The Morgan fingerprint density at radius 2 is 1.62 bits per heavy atom. The number of carbonyl (C=O) groups excluding carboxylic acids is 2. The first kappa shape index (κ1) is 22.4. The van der Waals surface area contributed by atoms with Crippen LogP contribution in [0.25, 0.3) is 0 Å². The highest BCUT2D eigenvalue weighted by atomic mass is 16.6. The predicted molar refractivity (Wildman–Crippen MR) is 114 cm³/mol. The number of aliphatic hydroxyl groups is 1. The lowest BCUT2D eigenvalue weighted by atomic mass is 10.0. The van der Waals surface area contributed by atoms with Gasteiger partial charge in [0.25, 0.3) is 5.91 Å². The quantitative estimate of drug-likeness (QED) is 0.561. The summed E-state index contributed by atoms with van der Waals surface area (Å²) >= 11 is 0. The molecule has 0 aliphatic rings. The van der Waals surface area contributed by atoms with Crippen molar-refractivity contribution in [2.45, 2.75) is 45.3 Å². The van der Waals surface area contributed by atoms with Crippen LogP contribution in [0.2, 0.25) is 0 Å². The first-order valence-corrected chi connectivity index (χ1v) is 9.56.